The molecule has 17 heavy (non-hydrogen) atoms. The van der Waals surface area contributed by atoms with Crippen LogP contribution in [0.5, 0.6) is 0 Å². The molecule has 0 heterocycles. The van der Waals surface area contributed by atoms with Gasteiger partial charge in [0.15, 0.2) is 6.29 Å². The Morgan fingerprint density at radius 1 is 1.35 bits per heavy atom. The second kappa shape index (κ2) is 7.06. The molecule has 0 spiro atoms. The molecule has 0 aliphatic heterocycles. The van der Waals surface area contributed by atoms with Gasteiger partial charge in [-0.05, 0) is 19.1 Å². The Kier molecular flexibility index (Phi) is 6.05. The molecule has 0 amide bonds. The predicted octanol–water partition coefficient (Wildman–Crippen LogP) is 2.86. The number of methoxy groups -OCH3 is 2. The number of nitrogens with one attached hydrogen (secondary N) is 1. The summed E-state index contributed by atoms with van der Waals surface area (Å²) >= 11 is 3.23. The molecule has 0 saturated carbocycles. The highest BCUT2D eigenvalue weighted by Crippen LogP contribution is 2.20. The Labute approximate surface area is 109 Å². The van der Waals surface area contributed by atoms with Gasteiger partial charge in [0.25, 0.3) is 0 Å². The topological polar surface area (TPSA) is 30.5 Å². The van der Waals surface area contributed by atoms with Gasteiger partial charge < -0.3 is 14.8 Å². The minimum Gasteiger partial charge on any atom is -0.355 e. The molecule has 5 heteroatoms. The summed E-state index contributed by atoms with van der Waals surface area (Å²) in [6.45, 7) is 2.40. The predicted molar refractivity (Wildman–Crippen MR) is 68.3 cm³/mol. The third-order valence-electron chi connectivity index (χ3n) is 2.55. The van der Waals surface area contributed by atoms with E-state index in [0.717, 1.165) is 4.47 Å². The van der Waals surface area contributed by atoms with Gasteiger partial charge in [-0.1, -0.05) is 22.0 Å². The van der Waals surface area contributed by atoms with Crippen molar-refractivity contribution in [3.05, 3.63) is 34.1 Å². The first-order valence-corrected chi connectivity index (χ1v) is 6.11. The molecule has 1 rings (SSSR count). The maximum absolute atomic E-state index is 13.7. The van der Waals surface area contributed by atoms with E-state index in [-0.39, 0.29) is 18.1 Å². The van der Waals surface area contributed by atoms with Crippen LogP contribution in [0, 0.1) is 5.82 Å². The van der Waals surface area contributed by atoms with Gasteiger partial charge in [0.05, 0.1) is 0 Å². The average Bonchev–Trinajstić information content (AvgIpc) is 2.30. The van der Waals surface area contributed by atoms with E-state index in [1.165, 1.54) is 6.07 Å². The summed E-state index contributed by atoms with van der Waals surface area (Å²) in [5.74, 6) is -0.231. The molecule has 0 radical (unpaired) electrons. The number of rotatable bonds is 6. The Hall–Kier alpha value is -0.490. The molecule has 1 atom stereocenters. The lowest BCUT2D eigenvalue weighted by atomic mass is 10.1. The summed E-state index contributed by atoms with van der Waals surface area (Å²) in [6, 6.07) is 4.93. The highest BCUT2D eigenvalue weighted by molar-refractivity contribution is 9.10. The molecule has 0 aliphatic carbocycles. The van der Waals surface area contributed by atoms with E-state index < -0.39 is 0 Å². The molecule has 1 aromatic rings. The standard InChI is InChI=1S/C12H17BrFNO2/c1-8(15-7-12(16-2)17-3)10-5-4-9(13)6-11(10)14/h4-6,8,12,15H,7H2,1-3H3. The van der Waals surface area contributed by atoms with Gasteiger partial charge in [0, 0.05) is 36.8 Å². The number of hydrogen-bond acceptors (Lipinski definition) is 3. The Balaban J connectivity index is 2.60. The summed E-state index contributed by atoms with van der Waals surface area (Å²) < 4.78 is 24.5. The average molecular weight is 306 g/mol. The second-order valence-corrected chi connectivity index (χ2v) is 4.61. The van der Waals surface area contributed by atoms with Crippen LogP contribution in [0.2, 0.25) is 0 Å². The van der Waals surface area contributed by atoms with Crippen molar-refractivity contribution in [2.75, 3.05) is 20.8 Å². The van der Waals surface area contributed by atoms with Crippen LogP contribution >= 0.6 is 15.9 Å². The van der Waals surface area contributed by atoms with Gasteiger partial charge in [-0.3, -0.25) is 0 Å². The van der Waals surface area contributed by atoms with Gasteiger partial charge in [-0.15, -0.1) is 0 Å². The van der Waals surface area contributed by atoms with Crippen molar-refractivity contribution in [2.45, 2.75) is 19.3 Å². The van der Waals surface area contributed by atoms with Gasteiger partial charge in [-0.2, -0.15) is 0 Å². The van der Waals surface area contributed by atoms with E-state index in [1.54, 1.807) is 20.3 Å². The van der Waals surface area contributed by atoms with Crippen LogP contribution in [0.4, 0.5) is 4.39 Å². The summed E-state index contributed by atoms with van der Waals surface area (Å²) in [7, 11) is 3.14. The van der Waals surface area contributed by atoms with Gasteiger partial charge in [0.2, 0.25) is 0 Å². The lowest BCUT2D eigenvalue weighted by Gasteiger charge is -2.19. The number of benzene rings is 1. The molecule has 1 unspecified atom stereocenters. The van der Waals surface area contributed by atoms with Gasteiger partial charge in [0.1, 0.15) is 5.82 Å². The highest BCUT2D eigenvalue weighted by Gasteiger charge is 2.13. The van der Waals surface area contributed by atoms with E-state index >= 15 is 0 Å². The van der Waals surface area contributed by atoms with Crippen molar-refractivity contribution >= 4 is 15.9 Å². The fourth-order valence-electron chi connectivity index (χ4n) is 1.50. The van der Waals surface area contributed by atoms with Crippen molar-refractivity contribution in [3.8, 4) is 0 Å². The molecule has 0 bridgehead atoms. The van der Waals surface area contributed by atoms with Crippen molar-refractivity contribution in [1.29, 1.82) is 0 Å². The third-order valence-corrected chi connectivity index (χ3v) is 3.04. The molecular formula is C12H17BrFNO2. The fourth-order valence-corrected chi connectivity index (χ4v) is 1.83. The van der Waals surface area contributed by atoms with Crippen LogP contribution in [-0.4, -0.2) is 27.1 Å². The number of ether oxygens (including phenoxy) is 2. The van der Waals surface area contributed by atoms with E-state index in [2.05, 4.69) is 21.2 Å². The molecule has 1 aromatic carbocycles. The lowest BCUT2D eigenvalue weighted by Crippen LogP contribution is -2.31. The van der Waals surface area contributed by atoms with Crippen LogP contribution < -0.4 is 5.32 Å². The zero-order valence-electron chi connectivity index (χ0n) is 10.2. The summed E-state index contributed by atoms with van der Waals surface area (Å²) in [6.07, 6.45) is -0.323. The Bertz CT molecular complexity index is 358. The second-order valence-electron chi connectivity index (χ2n) is 3.70. The largest absolute Gasteiger partial charge is 0.355 e. The molecule has 0 fully saturated rings. The lowest BCUT2D eigenvalue weighted by molar-refractivity contribution is -0.0997. The molecule has 0 aromatic heterocycles. The van der Waals surface area contributed by atoms with Crippen LogP contribution in [0.15, 0.2) is 22.7 Å². The smallest absolute Gasteiger partial charge is 0.169 e. The SMILES string of the molecule is COC(CNC(C)c1ccc(Br)cc1F)OC. The third kappa shape index (κ3) is 4.35. The van der Waals surface area contributed by atoms with E-state index in [1.807, 2.05) is 13.0 Å². The van der Waals surface area contributed by atoms with Crippen molar-refractivity contribution in [3.63, 3.8) is 0 Å². The quantitative estimate of drug-likeness (QED) is 0.820. The molecular weight excluding hydrogens is 289 g/mol. The molecule has 96 valence electrons. The van der Waals surface area contributed by atoms with Gasteiger partial charge in [-0.25, -0.2) is 4.39 Å². The van der Waals surface area contributed by atoms with Crippen molar-refractivity contribution in [1.82, 2.24) is 5.32 Å². The van der Waals surface area contributed by atoms with Gasteiger partial charge >= 0.3 is 0 Å². The number of hydrogen-bond donors (Lipinski definition) is 1. The Morgan fingerprint density at radius 3 is 2.53 bits per heavy atom. The molecule has 3 nitrogen and oxygen atoms in total. The van der Waals surface area contributed by atoms with Crippen molar-refractivity contribution in [2.24, 2.45) is 0 Å². The molecule has 0 aliphatic rings. The summed E-state index contributed by atoms with van der Waals surface area (Å²) in [5.41, 5.74) is 0.624. The summed E-state index contributed by atoms with van der Waals surface area (Å²) in [4.78, 5) is 0. The van der Waals surface area contributed by atoms with E-state index in [0.29, 0.717) is 12.1 Å². The highest BCUT2D eigenvalue weighted by atomic mass is 79.9. The molecule has 1 N–H and O–H groups in total. The minimum atomic E-state index is -0.323. The van der Waals surface area contributed by atoms with Crippen LogP contribution in [-0.2, 0) is 9.47 Å². The van der Waals surface area contributed by atoms with Crippen molar-refractivity contribution < 1.29 is 13.9 Å². The first-order valence-electron chi connectivity index (χ1n) is 5.32. The minimum absolute atomic E-state index is 0.101. The van der Waals surface area contributed by atoms with E-state index in [9.17, 15) is 4.39 Å². The normalized spacial score (nSPS) is 13.1. The zero-order valence-corrected chi connectivity index (χ0v) is 11.8. The summed E-state index contributed by atoms with van der Waals surface area (Å²) in [5, 5.41) is 3.16. The van der Waals surface area contributed by atoms with Crippen LogP contribution in [0.3, 0.4) is 0 Å². The zero-order chi connectivity index (χ0) is 12.8. The number of halogens is 2. The first kappa shape index (κ1) is 14.6. The maximum Gasteiger partial charge on any atom is 0.169 e. The van der Waals surface area contributed by atoms with Crippen LogP contribution in [0.25, 0.3) is 0 Å². The monoisotopic (exact) mass is 305 g/mol. The fraction of sp³-hybridized carbons (Fsp3) is 0.500. The first-order chi connectivity index (χ1) is 8.08. The van der Waals surface area contributed by atoms with Crippen LogP contribution in [0.1, 0.15) is 18.5 Å². The Morgan fingerprint density at radius 2 is 2.00 bits per heavy atom. The molecule has 0 saturated heterocycles. The van der Waals surface area contributed by atoms with E-state index in [4.69, 9.17) is 9.47 Å². The maximum atomic E-state index is 13.7.